The maximum absolute atomic E-state index is 11.9. The number of rotatable bonds is 15. The first-order valence-electron chi connectivity index (χ1n) is 10.7. The molecule has 0 aliphatic carbocycles. The van der Waals surface area contributed by atoms with E-state index in [1.54, 1.807) is 12.1 Å². The Balaban J connectivity index is 1.36. The number of ether oxygens (including phenoxy) is 2. The fourth-order valence-corrected chi connectivity index (χ4v) is 3.37. The largest absolute Gasteiger partial charge is 0.429 e. The average Bonchev–Trinajstić information content (AvgIpc) is 3.41. The predicted molar refractivity (Wildman–Crippen MR) is 106 cm³/mol. The summed E-state index contributed by atoms with van der Waals surface area (Å²) in [7, 11) is 0. The molecule has 0 N–H and O–H groups in total. The van der Waals surface area contributed by atoms with E-state index in [0.29, 0.717) is 5.56 Å². The molecule has 26 heavy (non-hydrogen) atoms. The fourth-order valence-electron chi connectivity index (χ4n) is 3.37. The Morgan fingerprint density at radius 1 is 0.846 bits per heavy atom. The summed E-state index contributed by atoms with van der Waals surface area (Å²) in [6.45, 7) is 2.27. The van der Waals surface area contributed by atoms with Crippen LogP contribution in [0.3, 0.4) is 0 Å². The van der Waals surface area contributed by atoms with Crippen molar-refractivity contribution in [3.8, 4) is 0 Å². The van der Waals surface area contributed by atoms with Gasteiger partial charge in [-0.25, -0.2) is 4.79 Å². The van der Waals surface area contributed by atoms with E-state index >= 15 is 0 Å². The number of hydrogen-bond acceptors (Lipinski definition) is 3. The minimum atomic E-state index is -0.324. The van der Waals surface area contributed by atoms with Gasteiger partial charge < -0.3 is 9.47 Å². The molecular weight excluding hydrogens is 324 g/mol. The van der Waals surface area contributed by atoms with Crippen LogP contribution in [0, 0.1) is 0 Å². The number of benzene rings is 1. The van der Waals surface area contributed by atoms with Gasteiger partial charge in [0, 0.05) is 0 Å². The highest BCUT2D eigenvalue weighted by Crippen LogP contribution is 2.29. The lowest BCUT2D eigenvalue weighted by Gasteiger charge is -2.03. The van der Waals surface area contributed by atoms with Crippen molar-refractivity contribution in [2.45, 2.75) is 103 Å². The SMILES string of the molecule is CCCCCCCCCCCCCCC1OC1OC(=O)c1ccccc1. The maximum atomic E-state index is 11.9. The molecule has 1 aromatic carbocycles. The van der Waals surface area contributed by atoms with Gasteiger partial charge in [-0.2, -0.15) is 0 Å². The Bertz CT molecular complexity index is 485. The van der Waals surface area contributed by atoms with Crippen molar-refractivity contribution in [1.29, 1.82) is 0 Å². The Hall–Kier alpha value is -1.35. The molecule has 0 bridgehead atoms. The van der Waals surface area contributed by atoms with Crippen LogP contribution < -0.4 is 0 Å². The number of epoxide rings is 1. The molecule has 0 saturated carbocycles. The summed E-state index contributed by atoms with van der Waals surface area (Å²) in [4.78, 5) is 11.9. The molecule has 146 valence electrons. The number of carbonyl (C=O) groups excluding carboxylic acids is 1. The van der Waals surface area contributed by atoms with E-state index in [1.807, 2.05) is 18.2 Å². The minimum Gasteiger partial charge on any atom is -0.429 e. The van der Waals surface area contributed by atoms with Gasteiger partial charge in [0.05, 0.1) is 5.56 Å². The van der Waals surface area contributed by atoms with E-state index in [4.69, 9.17) is 9.47 Å². The molecule has 3 heteroatoms. The first-order valence-corrected chi connectivity index (χ1v) is 10.7. The Kier molecular flexibility index (Phi) is 10.4. The molecule has 2 atom stereocenters. The van der Waals surface area contributed by atoms with Gasteiger partial charge >= 0.3 is 5.97 Å². The van der Waals surface area contributed by atoms with Crippen molar-refractivity contribution < 1.29 is 14.3 Å². The third-order valence-corrected chi connectivity index (χ3v) is 5.11. The van der Waals surface area contributed by atoms with Crippen molar-refractivity contribution >= 4 is 5.97 Å². The molecule has 1 aliphatic rings. The van der Waals surface area contributed by atoms with E-state index in [2.05, 4.69) is 6.92 Å². The topological polar surface area (TPSA) is 38.8 Å². The molecule has 1 aromatic rings. The second-order valence-electron chi connectivity index (χ2n) is 7.49. The highest BCUT2D eigenvalue weighted by molar-refractivity contribution is 5.89. The monoisotopic (exact) mass is 360 g/mol. The molecular formula is C23H36O3. The van der Waals surface area contributed by atoms with Crippen LogP contribution in [0.2, 0.25) is 0 Å². The molecule has 1 heterocycles. The molecule has 1 saturated heterocycles. The Labute approximate surface area is 159 Å². The van der Waals surface area contributed by atoms with E-state index in [0.717, 1.165) is 6.42 Å². The minimum absolute atomic E-state index is 0.116. The molecule has 1 aliphatic heterocycles. The lowest BCUT2D eigenvalue weighted by Crippen LogP contribution is -2.09. The van der Waals surface area contributed by atoms with Gasteiger partial charge in [0.1, 0.15) is 6.10 Å². The molecule has 0 amide bonds. The molecule has 3 nitrogen and oxygen atoms in total. The quantitative estimate of drug-likeness (QED) is 0.199. The molecule has 2 rings (SSSR count). The number of esters is 1. The van der Waals surface area contributed by atoms with Gasteiger partial charge in [-0.1, -0.05) is 102 Å². The molecule has 0 aromatic heterocycles. The van der Waals surface area contributed by atoms with Crippen LogP contribution in [0.4, 0.5) is 0 Å². The summed E-state index contributed by atoms with van der Waals surface area (Å²) < 4.78 is 10.8. The van der Waals surface area contributed by atoms with Crippen molar-refractivity contribution in [3.63, 3.8) is 0 Å². The smallest absolute Gasteiger partial charge is 0.340 e. The lowest BCUT2D eigenvalue weighted by atomic mass is 10.0. The summed E-state index contributed by atoms with van der Waals surface area (Å²) >= 11 is 0. The second-order valence-corrected chi connectivity index (χ2v) is 7.49. The van der Waals surface area contributed by atoms with Crippen LogP contribution >= 0.6 is 0 Å². The van der Waals surface area contributed by atoms with E-state index in [1.165, 1.54) is 77.0 Å². The molecule has 0 spiro atoms. The predicted octanol–water partition coefficient (Wildman–Crippen LogP) is 6.66. The van der Waals surface area contributed by atoms with Crippen LogP contribution in [0.25, 0.3) is 0 Å². The summed E-state index contributed by atoms with van der Waals surface area (Å²) in [6, 6.07) is 9.11. The van der Waals surface area contributed by atoms with Crippen LogP contribution in [0.1, 0.15) is 101 Å². The average molecular weight is 361 g/mol. The zero-order chi connectivity index (χ0) is 18.5. The third-order valence-electron chi connectivity index (χ3n) is 5.11. The summed E-state index contributed by atoms with van der Waals surface area (Å²) in [5.74, 6) is -0.284. The lowest BCUT2D eigenvalue weighted by molar-refractivity contribution is 0.0297. The van der Waals surface area contributed by atoms with Gasteiger partial charge in [-0.05, 0) is 18.6 Å². The maximum Gasteiger partial charge on any atom is 0.340 e. The molecule has 0 radical (unpaired) electrons. The highest BCUT2D eigenvalue weighted by Gasteiger charge is 2.41. The first kappa shape index (κ1) is 21.0. The van der Waals surface area contributed by atoms with Gasteiger partial charge in [0.2, 0.25) is 6.29 Å². The van der Waals surface area contributed by atoms with Crippen molar-refractivity contribution in [2.75, 3.05) is 0 Å². The molecule has 1 fully saturated rings. The number of hydrogen-bond donors (Lipinski definition) is 0. The van der Waals surface area contributed by atoms with Gasteiger partial charge in [-0.15, -0.1) is 0 Å². The van der Waals surface area contributed by atoms with Crippen molar-refractivity contribution in [3.05, 3.63) is 35.9 Å². The summed E-state index contributed by atoms with van der Waals surface area (Å²) in [6.07, 6.45) is 17.1. The molecule has 2 unspecified atom stereocenters. The summed E-state index contributed by atoms with van der Waals surface area (Å²) in [5.41, 5.74) is 0.590. The van der Waals surface area contributed by atoms with Crippen LogP contribution in [-0.4, -0.2) is 18.4 Å². The standard InChI is InChI=1S/C23H36O3/c1-2-3-4-5-6-7-8-9-10-11-12-16-19-21-23(25-21)26-22(24)20-17-14-13-15-18-20/h13-15,17-18,21,23H,2-12,16,19H2,1H3. The normalized spacial score (nSPS) is 18.7. The zero-order valence-corrected chi connectivity index (χ0v) is 16.5. The van der Waals surface area contributed by atoms with Crippen LogP contribution in [-0.2, 0) is 9.47 Å². The first-order chi connectivity index (χ1) is 12.8. The van der Waals surface area contributed by atoms with Gasteiger partial charge in [0.15, 0.2) is 0 Å². The van der Waals surface area contributed by atoms with Crippen LogP contribution in [0.15, 0.2) is 30.3 Å². The fraction of sp³-hybridized carbons (Fsp3) is 0.696. The second kappa shape index (κ2) is 12.9. The third kappa shape index (κ3) is 8.84. The van der Waals surface area contributed by atoms with Crippen molar-refractivity contribution in [2.24, 2.45) is 0 Å². The Morgan fingerprint density at radius 3 is 1.96 bits per heavy atom. The van der Waals surface area contributed by atoms with Gasteiger partial charge in [-0.3, -0.25) is 0 Å². The van der Waals surface area contributed by atoms with E-state index in [-0.39, 0.29) is 18.4 Å². The van der Waals surface area contributed by atoms with Crippen molar-refractivity contribution in [1.82, 2.24) is 0 Å². The number of unbranched alkanes of at least 4 members (excludes halogenated alkanes) is 11. The zero-order valence-electron chi connectivity index (χ0n) is 16.5. The number of carbonyl (C=O) groups is 1. The van der Waals surface area contributed by atoms with Gasteiger partial charge in [0.25, 0.3) is 0 Å². The highest BCUT2D eigenvalue weighted by atomic mass is 16.8. The summed E-state index contributed by atoms with van der Waals surface area (Å²) in [5, 5.41) is 0. The van der Waals surface area contributed by atoms with E-state index < -0.39 is 0 Å². The van der Waals surface area contributed by atoms with Crippen LogP contribution in [0.5, 0.6) is 0 Å². The Morgan fingerprint density at radius 2 is 1.38 bits per heavy atom. The van der Waals surface area contributed by atoms with E-state index in [9.17, 15) is 4.79 Å².